The quantitative estimate of drug-likeness (QED) is 0.563. The van der Waals surface area contributed by atoms with Gasteiger partial charge in [0.1, 0.15) is 5.75 Å². The standard InChI is InChI=1S/C23H29NO5/c1-14(25)18-3-4-20(28-2)19(8-18)9-22(27)29-13-21(26)24-23-10-15-5-16(11-23)7-17(6-15)12-23/h3-4,8,15-17H,5-7,9-13H2,1-2H3,(H,24,26). The van der Waals surface area contributed by atoms with Gasteiger partial charge in [-0.1, -0.05) is 0 Å². The van der Waals surface area contributed by atoms with E-state index in [0.29, 0.717) is 16.9 Å². The molecule has 1 amide bonds. The zero-order valence-electron chi connectivity index (χ0n) is 17.2. The first-order valence-corrected chi connectivity index (χ1v) is 10.5. The number of hydrogen-bond acceptors (Lipinski definition) is 5. The van der Waals surface area contributed by atoms with Crippen LogP contribution in [0.4, 0.5) is 0 Å². The number of carbonyl (C=O) groups is 3. The van der Waals surface area contributed by atoms with E-state index in [-0.39, 0.29) is 30.3 Å². The van der Waals surface area contributed by atoms with Gasteiger partial charge in [-0.25, -0.2) is 0 Å². The number of Topliss-reactive ketones (excluding diaryl/α,β-unsaturated/α-hetero) is 1. The van der Waals surface area contributed by atoms with Gasteiger partial charge in [0.25, 0.3) is 5.91 Å². The summed E-state index contributed by atoms with van der Waals surface area (Å²) in [5, 5.41) is 3.20. The van der Waals surface area contributed by atoms with Crippen LogP contribution in [0.3, 0.4) is 0 Å². The lowest BCUT2D eigenvalue weighted by Gasteiger charge is -2.56. The third-order valence-corrected chi connectivity index (χ3v) is 6.83. The summed E-state index contributed by atoms with van der Waals surface area (Å²) < 4.78 is 10.5. The Morgan fingerprint density at radius 1 is 1.07 bits per heavy atom. The molecule has 6 heteroatoms. The van der Waals surface area contributed by atoms with Gasteiger partial charge in [0.05, 0.1) is 13.5 Å². The van der Waals surface area contributed by atoms with Gasteiger partial charge >= 0.3 is 5.97 Å². The molecule has 1 aromatic carbocycles. The van der Waals surface area contributed by atoms with Gasteiger partial charge in [-0.3, -0.25) is 14.4 Å². The maximum Gasteiger partial charge on any atom is 0.310 e. The largest absolute Gasteiger partial charge is 0.496 e. The summed E-state index contributed by atoms with van der Waals surface area (Å²) >= 11 is 0. The molecule has 29 heavy (non-hydrogen) atoms. The van der Waals surface area contributed by atoms with Crippen molar-refractivity contribution in [3.05, 3.63) is 29.3 Å². The van der Waals surface area contributed by atoms with Crippen LogP contribution in [0.2, 0.25) is 0 Å². The van der Waals surface area contributed by atoms with Crippen LogP contribution in [0.5, 0.6) is 5.75 Å². The Bertz CT molecular complexity index is 795. The van der Waals surface area contributed by atoms with Gasteiger partial charge in [0, 0.05) is 16.7 Å². The van der Waals surface area contributed by atoms with E-state index < -0.39 is 5.97 Å². The molecule has 0 heterocycles. The van der Waals surface area contributed by atoms with Crippen molar-refractivity contribution < 1.29 is 23.9 Å². The predicted octanol–water partition coefficient (Wildman–Crippen LogP) is 3.07. The van der Waals surface area contributed by atoms with Crippen LogP contribution < -0.4 is 10.1 Å². The molecule has 4 bridgehead atoms. The fourth-order valence-corrected chi connectivity index (χ4v) is 6.08. The summed E-state index contributed by atoms with van der Waals surface area (Å²) in [5.74, 6) is 1.93. The van der Waals surface area contributed by atoms with E-state index >= 15 is 0 Å². The maximum atomic E-state index is 12.5. The summed E-state index contributed by atoms with van der Waals surface area (Å²) in [6, 6.07) is 4.96. The summed E-state index contributed by atoms with van der Waals surface area (Å²) in [4.78, 5) is 36.4. The van der Waals surface area contributed by atoms with Crippen molar-refractivity contribution in [2.45, 2.75) is 57.4 Å². The summed E-state index contributed by atoms with van der Waals surface area (Å²) in [6.07, 6.45) is 7.08. The number of benzene rings is 1. The zero-order chi connectivity index (χ0) is 20.6. The first-order valence-electron chi connectivity index (χ1n) is 10.5. The van der Waals surface area contributed by atoms with Crippen LogP contribution in [-0.2, 0) is 20.7 Å². The van der Waals surface area contributed by atoms with Crippen molar-refractivity contribution in [1.29, 1.82) is 0 Å². The third kappa shape index (κ3) is 4.31. The molecule has 4 aliphatic rings. The molecule has 1 aromatic rings. The molecule has 0 unspecified atom stereocenters. The highest BCUT2D eigenvalue weighted by Crippen LogP contribution is 2.55. The summed E-state index contributed by atoms with van der Waals surface area (Å²) in [6.45, 7) is 1.20. The molecule has 6 nitrogen and oxygen atoms in total. The number of esters is 1. The summed E-state index contributed by atoms with van der Waals surface area (Å²) in [5.41, 5.74) is 0.997. The fourth-order valence-electron chi connectivity index (χ4n) is 6.08. The van der Waals surface area contributed by atoms with E-state index in [9.17, 15) is 14.4 Å². The van der Waals surface area contributed by atoms with Crippen LogP contribution in [0.15, 0.2) is 18.2 Å². The highest BCUT2D eigenvalue weighted by molar-refractivity contribution is 5.94. The maximum absolute atomic E-state index is 12.5. The minimum absolute atomic E-state index is 0.0467. The number of ether oxygens (including phenoxy) is 2. The molecule has 4 fully saturated rings. The number of methoxy groups -OCH3 is 1. The molecular formula is C23H29NO5. The Morgan fingerprint density at radius 2 is 1.69 bits per heavy atom. The number of hydrogen-bond donors (Lipinski definition) is 1. The molecule has 0 aromatic heterocycles. The Hall–Kier alpha value is -2.37. The van der Waals surface area contributed by atoms with E-state index in [1.54, 1.807) is 18.2 Å². The van der Waals surface area contributed by atoms with Crippen LogP contribution in [0.1, 0.15) is 61.4 Å². The lowest BCUT2D eigenvalue weighted by Crippen LogP contribution is -2.60. The molecule has 156 valence electrons. The second-order valence-electron chi connectivity index (χ2n) is 9.17. The smallest absolute Gasteiger partial charge is 0.310 e. The first-order chi connectivity index (χ1) is 13.9. The van der Waals surface area contributed by atoms with E-state index in [1.165, 1.54) is 33.3 Å². The monoisotopic (exact) mass is 399 g/mol. The predicted molar refractivity (Wildman–Crippen MR) is 107 cm³/mol. The highest BCUT2D eigenvalue weighted by Gasteiger charge is 2.51. The second-order valence-corrected chi connectivity index (χ2v) is 9.17. The van der Waals surface area contributed by atoms with Crippen LogP contribution in [-0.4, -0.2) is 36.9 Å². The number of carbonyl (C=O) groups excluding carboxylic acids is 3. The van der Waals surface area contributed by atoms with Crippen molar-refractivity contribution in [3.8, 4) is 5.75 Å². The van der Waals surface area contributed by atoms with Crippen molar-refractivity contribution in [3.63, 3.8) is 0 Å². The van der Waals surface area contributed by atoms with Crippen LogP contribution in [0, 0.1) is 17.8 Å². The van der Waals surface area contributed by atoms with Crippen molar-refractivity contribution >= 4 is 17.7 Å². The Balaban J connectivity index is 1.31. The lowest BCUT2D eigenvalue weighted by molar-refractivity contribution is -0.149. The number of nitrogens with one attached hydrogen (secondary N) is 1. The molecule has 0 saturated heterocycles. The van der Waals surface area contributed by atoms with E-state index in [2.05, 4.69) is 5.32 Å². The molecule has 0 atom stereocenters. The highest BCUT2D eigenvalue weighted by atomic mass is 16.5. The molecule has 5 rings (SSSR count). The lowest BCUT2D eigenvalue weighted by atomic mass is 9.53. The number of rotatable bonds is 7. The Morgan fingerprint density at radius 3 is 2.24 bits per heavy atom. The summed E-state index contributed by atoms with van der Waals surface area (Å²) in [7, 11) is 1.51. The van der Waals surface area contributed by atoms with Crippen LogP contribution in [0.25, 0.3) is 0 Å². The van der Waals surface area contributed by atoms with Crippen molar-refractivity contribution in [1.82, 2.24) is 5.32 Å². The van der Waals surface area contributed by atoms with E-state index in [1.807, 2.05) is 0 Å². The zero-order valence-corrected chi connectivity index (χ0v) is 17.2. The SMILES string of the molecule is COc1ccc(C(C)=O)cc1CC(=O)OCC(=O)NC12CC3CC(CC(C3)C1)C2. The number of ketones is 1. The van der Waals surface area contributed by atoms with Crippen molar-refractivity contribution in [2.75, 3.05) is 13.7 Å². The molecule has 0 aliphatic heterocycles. The van der Waals surface area contributed by atoms with Gasteiger partial charge in [0.2, 0.25) is 0 Å². The van der Waals surface area contributed by atoms with E-state index in [4.69, 9.17) is 9.47 Å². The Kier molecular flexibility index (Phi) is 5.36. The average Bonchev–Trinajstić information content (AvgIpc) is 2.65. The van der Waals surface area contributed by atoms with Gasteiger partial charge in [-0.05, 0) is 81.4 Å². The Labute approximate surface area is 171 Å². The van der Waals surface area contributed by atoms with E-state index in [0.717, 1.165) is 37.0 Å². The number of amides is 1. The van der Waals surface area contributed by atoms with Gasteiger partial charge in [-0.2, -0.15) is 0 Å². The van der Waals surface area contributed by atoms with Gasteiger partial charge in [-0.15, -0.1) is 0 Å². The molecule has 4 aliphatic carbocycles. The first kappa shape index (κ1) is 19.9. The normalized spacial score (nSPS) is 29.4. The molecule has 0 spiro atoms. The minimum atomic E-state index is -0.510. The molecule has 1 N–H and O–H groups in total. The molecule has 0 radical (unpaired) electrons. The fraction of sp³-hybridized carbons (Fsp3) is 0.609. The minimum Gasteiger partial charge on any atom is -0.496 e. The topological polar surface area (TPSA) is 81.7 Å². The average molecular weight is 399 g/mol. The molecular weight excluding hydrogens is 370 g/mol. The van der Waals surface area contributed by atoms with Gasteiger partial charge < -0.3 is 14.8 Å². The molecule has 4 saturated carbocycles. The third-order valence-electron chi connectivity index (χ3n) is 6.83. The van der Waals surface area contributed by atoms with Gasteiger partial charge in [0.15, 0.2) is 12.4 Å². The van der Waals surface area contributed by atoms with Crippen molar-refractivity contribution in [2.24, 2.45) is 17.8 Å². The second kappa shape index (κ2) is 7.81. The van der Waals surface area contributed by atoms with Crippen LogP contribution >= 0.6 is 0 Å².